The lowest BCUT2D eigenvalue weighted by Crippen LogP contribution is -2.45. The van der Waals surface area contributed by atoms with Gasteiger partial charge in [-0.2, -0.15) is 5.26 Å². The van der Waals surface area contributed by atoms with Crippen molar-refractivity contribution in [2.45, 2.75) is 63.8 Å². The summed E-state index contributed by atoms with van der Waals surface area (Å²) in [5, 5.41) is 15.8. The number of nitrogens with one attached hydrogen (secondary N) is 2. The highest BCUT2D eigenvalue weighted by molar-refractivity contribution is 5.94. The van der Waals surface area contributed by atoms with Crippen LogP contribution in [0.15, 0.2) is 72.9 Å². The summed E-state index contributed by atoms with van der Waals surface area (Å²) in [7, 11) is 0. The van der Waals surface area contributed by atoms with Crippen LogP contribution in [0.1, 0.15) is 53.2 Å². The minimum absolute atomic E-state index is 0. The Bertz CT molecular complexity index is 1480. The lowest BCUT2D eigenvalue weighted by molar-refractivity contribution is -0.00545. The molecule has 1 saturated heterocycles. The molecule has 2 fully saturated rings. The molecule has 0 aromatic carbocycles. The predicted molar refractivity (Wildman–Crippen MR) is 159 cm³/mol. The number of hydrogen-bond acceptors (Lipinski definition) is 7. The molecule has 9 nitrogen and oxygen atoms in total. The molecule has 9 heteroatoms. The number of morpholine rings is 1. The Kier molecular flexibility index (Phi) is 7.74. The van der Waals surface area contributed by atoms with E-state index in [0.29, 0.717) is 23.5 Å². The van der Waals surface area contributed by atoms with E-state index in [0.717, 1.165) is 43.1 Å². The molecule has 0 spiro atoms. The summed E-state index contributed by atoms with van der Waals surface area (Å²) in [5.74, 6) is 1.28. The van der Waals surface area contributed by atoms with Gasteiger partial charge in [-0.05, 0) is 63.4 Å². The van der Waals surface area contributed by atoms with Crippen molar-refractivity contribution in [1.29, 1.82) is 5.26 Å². The number of pyridine rings is 2. The molecule has 1 aliphatic carbocycles. The zero-order valence-corrected chi connectivity index (χ0v) is 23.2. The van der Waals surface area contributed by atoms with Crippen molar-refractivity contribution >= 4 is 17.5 Å². The fourth-order valence-electron chi connectivity index (χ4n) is 5.11. The monoisotopic (exact) mass is 541 g/mol. The topological polar surface area (TPSA) is 108 Å². The Morgan fingerprint density at radius 1 is 1.18 bits per heavy atom. The molecule has 2 aliphatic rings. The van der Waals surface area contributed by atoms with E-state index in [2.05, 4.69) is 47.8 Å². The molecular weight excluding hydrogens is 502 g/mol. The first kappa shape index (κ1) is 27.2. The average Bonchev–Trinajstić information content (AvgIpc) is 3.61. The fourth-order valence-corrected chi connectivity index (χ4v) is 5.11. The molecule has 3 atom stereocenters. The number of carbonyl (C=O) groups excluding carboxylic acids is 1. The first-order valence-corrected chi connectivity index (χ1v) is 13.8. The minimum Gasteiger partial charge on any atom is -0.372 e. The highest BCUT2D eigenvalue weighted by Gasteiger charge is 2.45. The maximum Gasteiger partial charge on any atom is 0.253 e. The number of nitriles is 1. The van der Waals surface area contributed by atoms with Crippen LogP contribution in [0.25, 0.3) is 11.4 Å². The first-order chi connectivity index (χ1) is 19.3. The van der Waals surface area contributed by atoms with Gasteiger partial charge in [0.2, 0.25) is 0 Å². The van der Waals surface area contributed by atoms with Gasteiger partial charge in [0.05, 0.1) is 47.0 Å². The van der Waals surface area contributed by atoms with Gasteiger partial charge in [0, 0.05) is 28.3 Å². The Morgan fingerprint density at radius 2 is 1.88 bits per heavy atom. The summed E-state index contributed by atoms with van der Waals surface area (Å²) in [5.41, 5.74) is 5.08. The lowest BCUT2D eigenvalue weighted by Gasteiger charge is -2.36. The van der Waals surface area contributed by atoms with Crippen LogP contribution in [-0.4, -0.2) is 51.8 Å². The maximum atomic E-state index is 13.0. The van der Waals surface area contributed by atoms with E-state index in [1.165, 1.54) is 0 Å². The average molecular weight is 542 g/mol. The van der Waals surface area contributed by atoms with Crippen LogP contribution in [0.3, 0.4) is 0 Å². The molecule has 2 N–H and O–H groups in total. The molecule has 0 bridgehead atoms. The molecule has 0 unspecified atom stereocenters. The Hall–Kier alpha value is -4.38. The first-order valence-electron chi connectivity index (χ1n) is 13.8. The number of anilines is 2. The van der Waals surface area contributed by atoms with Crippen molar-refractivity contribution in [3.05, 3.63) is 78.4 Å². The molecule has 4 heterocycles. The highest BCUT2D eigenvalue weighted by atomic mass is 16.5. The number of carbonyl (C=O) groups is 1. The second-order valence-electron chi connectivity index (χ2n) is 10.6. The molecule has 1 aliphatic heterocycles. The van der Waals surface area contributed by atoms with Crippen LogP contribution in [-0.2, 0) is 10.3 Å². The summed E-state index contributed by atoms with van der Waals surface area (Å²) in [6, 6.07) is 15.4. The summed E-state index contributed by atoms with van der Waals surface area (Å²) >= 11 is 0. The predicted octanol–water partition coefficient (Wildman–Crippen LogP) is 5.35. The largest absolute Gasteiger partial charge is 0.372 e. The van der Waals surface area contributed by atoms with Gasteiger partial charge in [-0.1, -0.05) is 25.6 Å². The van der Waals surface area contributed by atoms with Gasteiger partial charge in [0.25, 0.3) is 5.91 Å². The maximum absolute atomic E-state index is 13.0. The third-order valence-corrected chi connectivity index (χ3v) is 7.39. The number of aromatic nitrogens is 3. The molecule has 40 heavy (non-hydrogen) atoms. The second-order valence-corrected chi connectivity index (χ2v) is 10.6. The van der Waals surface area contributed by atoms with Crippen molar-refractivity contribution in [2.24, 2.45) is 0 Å². The van der Waals surface area contributed by atoms with E-state index in [1.807, 2.05) is 47.9 Å². The van der Waals surface area contributed by atoms with Gasteiger partial charge in [-0.15, -0.1) is 5.73 Å². The van der Waals surface area contributed by atoms with Crippen LogP contribution >= 0.6 is 0 Å². The quantitative estimate of drug-likeness (QED) is 0.352. The molecular formula is C31H39N7O2. The van der Waals surface area contributed by atoms with E-state index in [-0.39, 0.29) is 27.0 Å². The summed E-state index contributed by atoms with van der Waals surface area (Å²) in [6.07, 6.45) is 6.06. The van der Waals surface area contributed by atoms with Crippen LogP contribution in [0.2, 0.25) is 0 Å². The SMILES string of the molecule is C=C=C(Nc1cccc(-c2cccc(N3C[C@@H](C)O[C@@H](C)C3)n2)n1)[C@H](CC)NC(=O)c1ccn(C2(C#N)CC2)c1.[HH].[HH]. The molecule has 3 aromatic heterocycles. The van der Waals surface area contributed by atoms with E-state index in [9.17, 15) is 10.1 Å². The number of rotatable bonds is 9. The third-order valence-electron chi connectivity index (χ3n) is 7.39. The third kappa shape index (κ3) is 5.79. The van der Waals surface area contributed by atoms with Gasteiger partial charge in [-0.25, -0.2) is 9.97 Å². The molecule has 0 radical (unpaired) electrons. The number of amides is 1. The number of nitrogens with zero attached hydrogens (tertiary/aromatic N) is 5. The Labute approximate surface area is 238 Å². The molecule has 210 valence electrons. The molecule has 5 rings (SSSR count). The van der Waals surface area contributed by atoms with Crippen molar-refractivity contribution in [3.8, 4) is 17.5 Å². The van der Waals surface area contributed by atoms with Gasteiger partial charge in [0.1, 0.15) is 17.2 Å². The fraction of sp³-hybridized carbons (Fsp3) is 0.387. The van der Waals surface area contributed by atoms with E-state index in [4.69, 9.17) is 14.7 Å². The smallest absolute Gasteiger partial charge is 0.253 e. The van der Waals surface area contributed by atoms with E-state index >= 15 is 0 Å². The number of ether oxygens (including phenoxy) is 1. The normalized spacial score (nSPS) is 20.1. The van der Waals surface area contributed by atoms with Crippen LogP contribution in [0, 0.1) is 11.3 Å². The highest BCUT2D eigenvalue weighted by Crippen LogP contribution is 2.42. The zero-order valence-electron chi connectivity index (χ0n) is 23.2. The van der Waals surface area contributed by atoms with Crippen LogP contribution in [0.4, 0.5) is 11.6 Å². The minimum atomic E-state index is -0.499. The van der Waals surface area contributed by atoms with Crippen molar-refractivity contribution in [3.63, 3.8) is 0 Å². The van der Waals surface area contributed by atoms with Gasteiger partial charge < -0.3 is 24.8 Å². The second kappa shape index (κ2) is 11.4. The van der Waals surface area contributed by atoms with Crippen LogP contribution < -0.4 is 15.5 Å². The van der Waals surface area contributed by atoms with Crippen molar-refractivity contribution in [1.82, 2.24) is 19.9 Å². The Balaban J connectivity index is 0.00000242. The molecule has 3 aromatic rings. The molecule has 1 amide bonds. The summed E-state index contributed by atoms with van der Waals surface area (Å²) in [6.45, 7) is 11.6. The van der Waals surface area contributed by atoms with Gasteiger partial charge >= 0.3 is 0 Å². The lowest BCUT2D eigenvalue weighted by atomic mass is 10.1. The number of hydrogen-bond donors (Lipinski definition) is 2. The Morgan fingerprint density at radius 3 is 2.52 bits per heavy atom. The van der Waals surface area contributed by atoms with E-state index in [1.54, 1.807) is 18.5 Å². The van der Waals surface area contributed by atoms with Crippen molar-refractivity contribution < 1.29 is 12.4 Å². The summed E-state index contributed by atoms with van der Waals surface area (Å²) < 4.78 is 7.71. The van der Waals surface area contributed by atoms with Crippen LogP contribution in [0.5, 0.6) is 0 Å². The van der Waals surface area contributed by atoms with Gasteiger partial charge in [-0.3, -0.25) is 4.79 Å². The zero-order chi connectivity index (χ0) is 28.3. The summed E-state index contributed by atoms with van der Waals surface area (Å²) in [4.78, 5) is 25.0. The van der Waals surface area contributed by atoms with Gasteiger partial charge in [0.15, 0.2) is 0 Å². The van der Waals surface area contributed by atoms with E-state index < -0.39 is 5.54 Å². The van der Waals surface area contributed by atoms with Crippen molar-refractivity contribution in [2.75, 3.05) is 23.3 Å². The standard InChI is InChI=1S/C31H35N7O2.2H2/c1-5-24(25(6-2)36-30(39)23-13-16-38(19-23)31(20-32)14-15-31)33-28-11-7-9-26(34-28)27-10-8-12-29(35-27)37-17-21(3)40-22(4)18-37;;/h7-13,16,19,21-22,25H,1,6,14-15,17-18H2,2-4H3,(H,33,34)(H,36,39);2*1H/t21-,22+,25-;;/m0../s1. The molecule has 1 saturated carbocycles.